The smallest absolute Gasteiger partial charge is 0.274 e. The van der Waals surface area contributed by atoms with E-state index in [9.17, 15) is 4.79 Å². The summed E-state index contributed by atoms with van der Waals surface area (Å²) in [6, 6.07) is 0.202. The van der Waals surface area contributed by atoms with Gasteiger partial charge in [0, 0.05) is 19.2 Å². The van der Waals surface area contributed by atoms with Gasteiger partial charge < -0.3 is 15.7 Å². The molecule has 1 aromatic heterocycles. The van der Waals surface area contributed by atoms with E-state index in [1.165, 1.54) is 12.4 Å². The summed E-state index contributed by atoms with van der Waals surface area (Å²) in [4.78, 5) is 22.0. The summed E-state index contributed by atoms with van der Waals surface area (Å²) in [7, 11) is 0. The zero-order chi connectivity index (χ0) is 13.0. The lowest BCUT2D eigenvalue weighted by Crippen LogP contribution is -2.36. The minimum atomic E-state index is -0.116. The second-order valence-corrected chi connectivity index (χ2v) is 4.49. The van der Waals surface area contributed by atoms with E-state index >= 15 is 0 Å². The van der Waals surface area contributed by atoms with Crippen molar-refractivity contribution in [2.45, 2.75) is 31.7 Å². The average molecular weight is 250 g/mol. The van der Waals surface area contributed by atoms with Crippen LogP contribution in [0.5, 0.6) is 0 Å². The number of hydrogen-bond acceptors (Lipinski definition) is 5. The molecule has 18 heavy (non-hydrogen) atoms. The normalized spacial score (nSPS) is 19.2. The van der Waals surface area contributed by atoms with Gasteiger partial charge in [-0.05, 0) is 25.7 Å². The Bertz CT molecular complexity index is 424. The molecule has 1 aliphatic rings. The molecule has 1 fully saturated rings. The molecule has 1 saturated heterocycles. The molecule has 1 aromatic rings. The Balaban J connectivity index is 2.08. The van der Waals surface area contributed by atoms with Gasteiger partial charge in [-0.25, -0.2) is 4.98 Å². The fourth-order valence-corrected chi connectivity index (χ4v) is 2.36. The van der Waals surface area contributed by atoms with Crippen LogP contribution in [0.25, 0.3) is 0 Å². The topological polar surface area (TPSA) is 92.3 Å². The van der Waals surface area contributed by atoms with Gasteiger partial charge in [0.15, 0.2) is 0 Å². The first-order valence-electron chi connectivity index (χ1n) is 6.21. The van der Waals surface area contributed by atoms with Crippen molar-refractivity contribution in [1.82, 2.24) is 14.9 Å². The Hall–Kier alpha value is -1.69. The molecule has 0 aliphatic carbocycles. The number of aromatic nitrogens is 2. The summed E-state index contributed by atoms with van der Waals surface area (Å²) in [5.74, 6) is 0.141. The standard InChI is InChI=1S/C12H18N4O2/c13-11-8-14-7-10(15-11)12(18)16-5-1-3-9(16)4-2-6-17/h7-9,17H,1-6H2,(H2,13,15). The zero-order valence-electron chi connectivity index (χ0n) is 10.2. The van der Waals surface area contributed by atoms with Crippen molar-refractivity contribution < 1.29 is 9.90 Å². The molecule has 0 spiro atoms. The van der Waals surface area contributed by atoms with Crippen LogP contribution in [0.3, 0.4) is 0 Å². The number of hydrogen-bond donors (Lipinski definition) is 2. The van der Waals surface area contributed by atoms with E-state index in [1.54, 1.807) is 0 Å². The second-order valence-electron chi connectivity index (χ2n) is 4.49. The van der Waals surface area contributed by atoms with Crippen molar-refractivity contribution >= 4 is 11.7 Å². The van der Waals surface area contributed by atoms with Crippen LogP contribution in [0.1, 0.15) is 36.2 Å². The maximum absolute atomic E-state index is 12.3. The molecule has 98 valence electrons. The summed E-state index contributed by atoms with van der Waals surface area (Å²) >= 11 is 0. The molecule has 1 unspecified atom stereocenters. The quantitative estimate of drug-likeness (QED) is 0.808. The highest BCUT2D eigenvalue weighted by molar-refractivity contribution is 5.92. The number of nitrogens with zero attached hydrogens (tertiary/aromatic N) is 3. The molecule has 3 N–H and O–H groups in total. The number of carbonyl (C=O) groups is 1. The third-order valence-electron chi connectivity index (χ3n) is 3.21. The van der Waals surface area contributed by atoms with Gasteiger partial charge in [-0.15, -0.1) is 0 Å². The van der Waals surface area contributed by atoms with Crippen LogP contribution in [-0.4, -0.2) is 45.1 Å². The van der Waals surface area contributed by atoms with Crippen LogP contribution in [0.15, 0.2) is 12.4 Å². The molecule has 0 bridgehead atoms. The first-order chi connectivity index (χ1) is 8.72. The maximum atomic E-state index is 12.3. The largest absolute Gasteiger partial charge is 0.396 e. The highest BCUT2D eigenvalue weighted by Gasteiger charge is 2.29. The van der Waals surface area contributed by atoms with Crippen LogP contribution >= 0.6 is 0 Å². The number of anilines is 1. The van der Waals surface area contributed by atoms with Crippen LogP contribution in [0, 0.1) is 0 Å². The van der Waals surface area contributed by atoms with Gasteiger partial charge in [0.2, 0.25) is 0 Å². The molecule has 1 amide bonds. The van der Waals surface area contributed by atoms with E-state index < -0.39 is 0 Å². The summed E-state index contributed by atoms with van der Waals surface area (Å²) in [5, 5.41) is 8.86. The first kappa shape index (κ1) is 12.8. The Morgan fingerprint density at radius 3 is 3.11 bits per heavy atom. The molecule has 6 heteroatoms. The van der Waals surface area contributed by atoms with Crippen molar-refractivity contribution in [2.24, 2.45) is 0 Å². The summed E-state index contributed by atoms with van der Waals surface area (Å²) < 4.78 is 0. The number of carbonyl (C=O) groups excluding carboxylic acids is 1. The number of amides is 1. The van der Waals surface area contributed by atoms with E-state index in [0.717, 1.165) is 32.2 Å². The summed E-state index contributed by atoms with van der Waals surface area (Å²) in [5.41, 5.74) is 5.83. The van der Waals surface area contributed by atoms with E-state index in [0.29, 0.717) is 5.69 Å². The number of nitrogen functional groups attached to an aromatic ring is 1. The molecule has 0 saturated carbocycles. The Morgan fingerprint density at radius 1 is 1.56 bits per heavy atom. The molecule has 6 nitrogen and oxygen atoms in total. The van der Waals surface area contributed by atoms with Gasteiger partial charge >= 0.3 is 0 Å². The Labute approximate surface area is 106 Å². The van der Waals surface area contributed by atoms with Crippen LogP contribution < -0.4 is 5.73 Å². The van der Waals surface area contributed by atoms with Gasteiger partial charge in [0.1, 0.15) is 11.5 Å². The van der Waals surface area contributed by atoms with E-state index in [1.807, 2.05) is 4.90 Å². The predicted molar refractivity (Wildman–Crippen MR) is 66.8 cm³/mol. The van der Waals surface area contributed by atoms with Crippen molar-refractivity contribution in [3.63, 3.8) is 0 Å². The van der Waals surface area contributed by atoms with Gasteiger partial charge in [-0.1, -0.05) is 0 Å². The third kappa shape index (κ3) is 2.76. The van der Waals surface area contributed by atoms with Gasteiger partial charge in [0.25, 0.3) is 5.91 Å². The summed E-state index contributed by atoms with van der Waals surface area (Å²) in [6.07, 6.45) is 6.40. The molecular formula is C12H18N4O2. The van der Waals surface area contributed by atoms with Gasteiger partial charge in [-0.2, -0.15) is 0 Å². The van der Waals surface area contributed by atoms with E-state index in [2.05, 4.69) is 9.97 Å². The van der Waals surface area contributed by atoms with Crippen LogP contribution in [-0.2, 0) is 0 Å². The fraction of sp³-hybridized carbons (Fsp3) is 0.583. The number of aliphatic hydroxyl groups excluding tert-OH is 1. The number of likely N-dealkylation sites (tertiary alicyclic amines) is 1. The minimum absolute atomic E-state index is 0.116. The lowest BCUT2D eigenvalue weighted by Gasteiger charge is -2.24. The molecule has 1 aliphatic heterocycles. The van der Waals surface area contributed by atoms with Gasteiger partial charge in [0.05, 0.1) is 12.4 Å². The van der Waals surface area contributed by atoms with Crippen molar-refractivity contribution in [3.05, 3.63) is 18.1 Å². The molecule has 0 aromatic carbocycles. The van der Waals surface area contributed by atoms with E-state index in [4.69, 9.17) is 10.8 Å². The Kier molecular flexibility index (Phi) is 4.09. The Morgan fingerprint density at radius 2 is 2.39 bits per heavy atom. The van der Waals surface area contributed by atoms with Crippen molar-refractivity contribution in [2.75, 3.05) is 18.9 Å². The number of nitrogens with two attached hydrogens (primary N) is 1. The zero-order valence-corrected chi connectivity index (χ0v) is 10.2. The molecule has 0 radical (unpaired) electrons. The summed E-state index contributed by atoms with van der Waals surface area (Å²) in [6.45, 7) is 0.905. The average Bonchev–Trinajstić information content (AvgIpc) is 2.83. The molecule has 1 atom stereocenters. The van der Waals surface area contributed by atoms with Crippen LogP contribution in [0.2, 0.25) is 0 Å². The van der Waals surface area contributed by atoms with E-state index in [-0.39, 0.29) is 24.4 Å². The lowest BCUT2D eigenvalue weighted by molar-refractivity contribution is 0.0718. The van der Waals surface area contributed by atoms with Crippen molar-refractivity contribution in [3.8, 4) is 0 Å². The molecule has 2 rings (SSSR count). The highest BCUT2D eigenvalue weighted by Crippen LogP contribution is 2.23. The third-order valence-corrected chi connectivity index (χ3v) is 3.21. The van der Waals surface area contributed by atoms with Crippen LogP contribution in [0.4, 0.5) is 5.82 Å². The minimum Gasteiger partial charge on any atom is -0.396 e. The number of aliphatic hydroxyl groups is 1. The number of rotatable bonds is 4. The second kappa shape index (κ2) is 5.77. The fourth-order valence-electron chi connectivity index (χ4n) is 2.36. The predicted octanol–water partition coefficient (Wildman–Crippen LogP) is 0.436. The lowest BCUT2D eigenvalue weighted by atomic mass is 10.1. The van der Waals surface area contributed by atoms with Crippen molar-refractivity contribution in [1.29, 1.82) is 0 Å². The first-order valence-corrected chi connectivity index (χ1v) is 6.21. The monoisotopic (exact) mass is 250 g/mol. The maximum Gasteiger partial charge on any atom is 0.274 e. The highest BCUT2D eigenvalue weighted by atomic mass is 16.3. The van der Waals surface area contributed by atoms with Gasteiger partial charge in [-0.3, -0.25) is 9.78 Å². The molecular weight excluding hydrogens is 232 g/mol. The molecule has 2 heterocycles. The SMILES string of the molecule is Nc1cncc(C(=O)N2CCCC2CCCO)n1.